The number of nitrogens with zero attached hydrogens (tertiary/aromatic N) is 4. The second-order valence-electron chi connectivity index (χ2n) is 6.42. The SMILES string of the molecule is C#C[C@]1(CO)O[C@@H](n2cnc3c(NC(=O)OC([CH2])[CH2])nc(F)nc32)C[C@@H]1OC(C)=O. The Morgan fingerprint density at radius 2 is 2.30 bits per heavy atom. The molecule has 0 aliphatic carbocycles. The third-order valence-corrected chi connectivity index (χ3v) is 4.27. The molecule has 0 unspecified atom stereocenters. The van der Waals surface area contributed by atoms with E-state index in [2.05, 4.69) is 40.0 Å². The Bertz CT molecular complexity index is 1020. The fourth-order valence-corrected chi connectivity index (χ4v) is 3.03. The minimum Gasteiger partial charge on any atom is -0.458 e. The number of hydrogen-bond acceptors (Lipinski definition) is 9. The van der Waals surface area contributed by atoms with Crippen LogP contribution in [0.1, 0.15) is 19.6 Å². The molecule has 0 aromatic carbocycles. The molecule has 3 heterocycles. The number of imidazole rings is 1. The summed E-state index contributed by atoms with van der Waals surface area (Å²) in [5.74, 6) is 1.46. The Morgan fingerprint density at radius 3 is 2.90 bits per heavy atom. The number of anilines is 1. The molecule has 2 aromatic heterocycles. The minimum atomic E-state index is -1.60. The van der Waals surface area contributed by atoms with Crippen LogP contribution in [0.25, 0.3) is 11.2 Å². The highest BCUT2D eigenvalue weighted by atomic mass is 19.1. The number of carbonyl (C=O) groups excluding carboxylic acids is 2. The number of ether oxygens (including phenoxy) is 3. The first-order valence-corrected chi connectivity index (χ1v) is 8.66. The van der Waals surface area contributed by atoms with Crippen LogP contribution >= 0.6 is 0 Å². The number of halogens is 1. The zero-order chi connectivity index (χ0) is 22.1. The van der Waals surface area contributed by atoms with Crippen molar-refractivity contribution in [3.05, 3.63) is 26.3 Å². The molecule has 1 amide bonds. The van der Waals surface area contributed by atoms with E-state index in [-0.39, 0.29) is 23.4 Å². The molecule has 3 rings (SSSR count). The third kappa shape index (κ3) is 4.03. The van der Waals surface area contributed by atoms with Crippen LogP contribution in [-0.4, -0.2) is 61.1 Å². The van der Waals surface area contributed by atoms with E-state index < -0.39 is 48.8 Å². The van der Waals surface area contributed by atoms with E-state index in [0.717, 1.165) is 0 Å². The van der Waals surface area contributed by atoms with Gasteiger partial charge < -0.3 is 19.3 Å². The number of rotatable bonds is 5. The van der Waals surface area contributed by atoms with Crippen molar-refractivity contribution in [3.63, 3.8) is 0 Å². The summed E-state index contributed by atoms with van der Waals surface area (Å²) in [6.07, 6.45) is 1.94. The molecular formula is C18H18FN5O6. The molecule has 1 aliphatic rings. The minimum absolute atomic E-state index is 0.0315. The number of carbonyl (C=O) groups is 2. The van der Waals surface area contributed by atoms with Gasteiger partial charge in [-0.3, -0.25) is 14.7 Å². The van der Waals surface area contributed by atoms with Gasteiger partial charge in [0.2, 0.25) is 0 Å². The number of terminal acetylenes is 1. The number of esters is 1. The van der Waals surface area contributed by atoms with Crippen LogP contribution < -0.4 is 5.32 Å². The van der Waals surface area contributed by atoms with E-state index in [9.17, 15) is 19.1 Å². The molecular weight excluding hydrogens is 401 g/mol. The van der Waals surface area contributed by atoms with E-state index in [1.807, 2.05) is 0 Å². The molecule has 2 aromatic rings. The summed E-state index contributed by atoms with van der Waals surface area (Å²) >= 11 is 0. The van der Waals surface area contributed by atoms with Crippen LogP contribution in [0.2, 0.25) is 0 Å². The average Bonchev–Trinajstić information content (AvgIpc) is 3.22. The first kappa shape index (κ1) is 21.4. The number of aliphatic hydroxyl groups is 1. The van der Waals surface area contributed by atoms with Crippen molar-refractivity contribution in [2.24, 2.45) is 0 Å². The van der Waals surface area contributed by atoms with Gasteiger partial charge in [-0.25, -0.2) is 9.78 Å². The van der Waals surface area contributed by atoms with Gasteiger partial charge in [0.15, 0.2) is 22.6 Å². The fourth-order valence-electron chi connectivity index (χ4n) is 3.03. The Labute approximate surface area is 170 Å². The number of aliphatic hydroxyl groups excluding tert-OH is 1. The normalized spacial score (nSPS) is 23.4. The van der Waals surface area contributed by atoms with Crippen LogP contribution in [0.4, 0.5) is 15.0 Å². The molecule has 2 radical (unpaired) electrons. The van der Waals surface area contributed by atoms with Crippen molar-refractivity contribution in [2.75, 3.05) is 11.9 Å². The summed E-state index contributed by atoms with van der Waals surface area (Å²) < 4.78 is 31.1. The van der Waals surface area contributed by atoms with Gasteiger partial charge >= 0.3 is 18.1 Å². The molecule has 158 valence electrons. The fraction of sp³-hybridized carbons (Fsp3) is 0.389. The van der Waals surface area contributed by atoms with E-state index in [1.54, 1.807) is 0 Å². The van der Waals surface area contributed by atoms with Gasteiger partial charge in [-0.1, -0.05) is 5.92 Å². The Morgan fingerprint density at radius 1 is 1.57 bits per heavy atom. The van der Waals surface area contributed by atoms with Gasteiger partial charge in [0.05, 0.1) is 12.9 Å². The predicted octanol–water partition coefficient (Wildman–Crippen LogP) is 0.766. The maximum absolute atomic E-state index is 14.0. The Kier molecular flexibility index (Phi) is 5.86. The second-order valence-corrected chi connectivity index (χ2v) is 6.42. The van der Waals surface area contributed by atoms with Gasteiger partial charge in [-0.15, -0.1) is 6.42 Å². The highest BCUT2D eigenvalue weighted by molar-refractivity contribution is 5.93. The molecule has 12 heteroatoms. The van der Waals surface area contributed by atoms with Gasteiger partial charge in [-0.05, 0) is 13.8 Å². The Balaban J connectivity index is 1.97. The lowest BCUT2D eigenvalue weighted by molar-refractivity contribution is -0.156. The molecule has 0 spiro atoms. The molecule has 3 atom stereocenters. The zero-order valence-electron chi connectivity index (χ0n) is 15.9. The highest BCUT2D eigenvalue weighted by Gasteiger charge is 2.50. The monoisotopic (exact) mass is 419 g/mol. The number of aromatic nitrogens is 4. The highest BCUT2D eigenvalue weighted by Crippen LogP contribution is 2.39. The summed E-state index contributed by atoms with van der Waals surface area (Å²) in [5.41, 5.74) is -1.59. The second kappa shape index (κ2) is 8.21. The number of fused-ring (bicyclic) bond motifs is 1. The largest absolute Gasteiger partial charge is 0.458 e. The molecule has 1 fully saturated rings. The van der Waals surface area contributed by atoms with Gasteiger partial charge in [0, 0.05) is 13.3 Å². The molecule has 30 heavy (non-hydrogen) atoms. The van der Waals surface area contributed by atoms with Crippen molar-refractivity contribution in [2.45, 2.75) is 37.4 Å². The summed E-state index contributed by atoms with van der Waals surface area (Å²) in [7, 11) is 0. The lowest BCUT2D eigenvalue weighted by Gasteiger charge is -2.26. The molecule has 11 nitrogen and oxygen atoms in total. The van der Waals surface area contributed by atoms with E-state index in [4.69, 9.17) is 20.6 Å². The number of nitrogens with one attached hydrogen (secondary N) is 1. The molecule has 1 saturated heterocycles. The van der Waals surface area contributed by atoms with Crippen molar-refractivity contribution in [3.8, 4) is 12.3 Å². The maximum Gasteiger partial charge on any atom is 0.413 e. The topological polar surface area (TPSA) is 138 Å². The first-order chi connectivity index (χ1) is 14.2. The lowest BCUT2D eigenvalue weighted by atomic mass is 9.98. The zero-order valence-corrected chi connectivity index (χ0v) is 15.9. The molecule has 0 bridgehead atoms. The summed E-state index contributed by atoms with van der Waals surface area (Å²) in [6, 6.07) is 0. The predicted molar refractivity (Wildman–Crippen MR) is 98.8 cm³/mol. The molecule has 2 N–H and O–H groups in total. The number of hydrogen-bond donors (Lipinski definition) is 2. The van der Waals surface area contributed by atoms with Gasteiger partial charge in [0.1, 0.15) is 18.4 Å². The smallest absolute Gasteiger partial charge is 0.413 e. The maximum atomic E-state index is 14.0. The van der Waals surface area contributed by atoms with Crippen molar-refractivity contribution < 1.29 is 33.3 Å². The van der Waals surface area contributed by atoms with Crippen molar-refractivity contribution >= 4 is 29.0 Å². The van der Waals surface area contributed by atoms with Crippen LogP contribution in [0, 0.1) is 32.3 Å². The van der Waals surface area contributed by atoms with Crippen LogP contribution in [-0.2, 0) is 19.0 Å². The van der Waals surface area contributed by atoms with Crippen LogP contribution in [0.15, 0.2) is 6.33 Å². The summed E-state index contributed by atoms with van der Waals surface area (Å²) in [5, 5.41) is 12.0. The summed E-state index contributed by atoms with van der Waals surface area (Å²) in [6.45, 7) is 7.38. The lowest BCUT2D eigenvalue weighted by Crippen LogP contribution is -2.43. The number of amides is 1. The quantitative estimate of drug-likeness (QED) is 0.409. The van der Waals surface area contributed by atoms with E-state index >= 15 is 0 Å². The Hall–Kier alpha value is -3.30. The van der Waals surface area contributed by atoms with Crippen molar-refractivity contribution in [1.29, 1.82) is 0 Å². The third-order valence-electron chi connectivity index (χ3n) is 4.27. The van der Waals surface area contributed by atoms with Crippen LogP contribution in [0.3, 0.4) is 0 Å². The standard InChI is InChI=1S/C18H18FN5O6/c1-5-18(7-25)11(29-10(4)26)6-12(30-18)24-8-20-13-14(21-16(19)23-15(13)24)22-17(27)28-9(2)3/h1,8-9,11-12,25H,2-3,6-7H2,4H3,(H,21,22,23,27)/t11-,12+,18+/m0/s1. The molecule has 0 saturated carbocycles. The van der Waals surface area contributed by atoms with Gasteiger partial charge in [-0.2, -0.15) is 14.4 Å². The van der Waals surface area contributed by atoms with E-state index in [0.29, 0.717) is 0 Å². The van der Waals surface area contributed by atoms with Crippen LogP contribution in [0.5, 0.6) is 0 Å². The average molecular weight is 419 g/mol. The van der Waals surface area contributed by atoms with E-state index in [1.165, 1.54) is 17.8 Å². The first-order valence-electron chi connectivity index (χ1n) is 8.66. The summed E-state index contributed by atoms with van der Waals surface area (Å²) in [4.78, 5) is 34.5. The van der Waals surface area contributed by atoms with Gasteiger partial charge in [0.25, 0.3) is 0 Å². The molecule has 1 aliphatic heterocycles. The van der Waals surface area contributed by atoms with Crippen molar-refractivity contribution in [1.82, 2.24) is 19.5 Å².